The van der Waals surface area contributed by atoms with E-state index < -0.39 is 0 Å². The van der Waals surface area contributed by atoms with Crippen LogP contribution in [0.15, 0.2) is 91.3 Å². The average Bonchev–Trinajstić information content (AvgIpc) is 2.91. The molecule has 0 unspecified atom stereocenters. The van der Waals surface area contributed by atoms with E-state index >= 15 is 0 Å². The smallest absolute Gasteiger partial charge is 0.160 e. The Kier molecular flexibility index (Phi) is 11.5. The summed E-state index contributed by atoms with van der Waals surface area (Å²) in [4.78, 5) is 8.99. The lowest BCUT2D eigenvalue weighted by molar-refractivity contribution is 0.717. The van der Waals surface area contributed by atoms with Crippen molar-refractivity contribution in [2.24, 2.45) is 0 Å². The van der Waals surface area contributed by atoms with Crippen molar-refractivity contribution in [2.45, 2.75) is 65.2 Å². The topological polar surface area (TPSA) is 25.8 Å². The number of benzene rings is 3. The van der Waals surface area contributed by atoms with Gasteiger partial charge < -0.3 is 0 Å². The SMILES string of the molecule is CCCCCc1ccc(-c2ncc(-c3ccccc3)cn2)c(Cl)c1.CCCCCc1ccccc1. The first kappa shape index (κ1) is 26.6. The Balaban J connectivity index is 0.000000261. The fraction of sp³-hybridized carbons (Fsp3) is 0.312. The Morgan fingerprint density at radius 2 is 1.17 bits per heavy atom. The molecule has 0 saturated heterocycles. The van der Waals surface area contributed by atoms with Crippen LogP contribution in [0.2, 0.25) is 5.02 Å². The molecule has 0 N–H and O–H groups in total. The second-order valence-electron chi connectivity index (χ2n) is 8.88. The van der Waals surface area contributed by atoms with E-state index in [1.54, 1.807) is 0 Å². The molecular weight excluding hydrogens is 448 g/mol. The number of hydrogen-bond acceptors (Lipinski definition) is 2. The molecule has 2 nitrogen and oxygen atoms in total. The van der Waals surface area contributed by atoms with Gasteiger partial charge in [0.1, 0.15) is 0 Å². The summed E-state index contributed by atoms with van der Waals surface area (Å²) in [5.74, 6) is 0.666. The van der Waals surface area contributed by atoms with Crippen molar-refractivity contribution in [2.75, 3.05) is 0 Å². The molecule has 4 aromatic rings. The normalized spacial score (nSPS) is 10.5. The summed E-state index contributed by atoms with van der Waals surface area (Å²) in [6.45, 7) is 4.46. The van der Waals surface area contributed by atoms with Gasteiger partial charge in [-0.15, -0.1) is 0 Å². The highest BCUT2D eigenvalue weighted by molar-refractivity contribution is 6.33. The van der Waals surface area contributed by atoms with E-state index in [9.17, 15) is 0 Å². The number of halogens is 1. The monoisotopic (exact) mass is 484 g/mol. The van der Waals surface area contributed by atoms with E-state index in [2.05, 4.69) is 72.3 Å². The van der Waals surface area contributed by atoms with E-state index in [1.807, 2.05) is 42.7 Å². The minimum Gasteiger partial charge on any atom is -0.236 e. The lowest BCUT2D eigenvalue weighted by Gasteiger charge is -2.07. The molecule has 0 aliphatic heterocycles. The summed E-state index contributed by atoms with van der Waals surface area (Å²) in [7, 11) is 0. The third kappa shape index (κ3) is 8.96. The van der Waals surface area contributed by atoms with E-state index in [4.69, 9.17) is 11.6 Å². The fourth-order valence-electron chi connectivity index (χ4n) is 3.95. The second-order valence-corrected chi connectivity index (χ2v) is 9.28. The summed E-state index contributed by atoms with van der Waals surface area (Å²) in [6.07, 6.45) is 13.7. The first-order valence-electron chi connectivity index (χ1n) is 12.9. The van der Waals surface area contributed by atoms with Gasteiger partial charge >= 0.3 is 0 Å². The van der Waals surface area contributed by atoms with Gasteiger partial charge in [-0.3, -0.25) is 0 Å². The van der Waals surface area contributed by atoms with Crippen molar-refractivity contribution in [3.05, 3.63) is 107 Å². The molecule has 35 heavy (non-hydrogen) atoms. The Morgan fingerprint density at radius 1 is 0.600 bits per heavy atom. The third-order valence-electron chi connectivity index (χ3n) is 6.01. The van der Waals surface area contributed by atoms with Crippen LogP contribution in [0.1, 0.15) is 63.5 Å². The number of aromatic nitrogens is 2. The van der Waals surface area contributed by atoms with Gasteiger partial charge in [-0.1, -0.05) is 118 Å². The van der Waals surface area contributed by atoms with Gasteiger partial charge in [-0.25, -0.2) is 9.97 Å². The molecule has 0 bridgehead atoms. The number of hydrogen-bond donors (Lipinski definition) is 0. The molecule has 0 radical (unpaired) electrons. The van der Waals surface area contributed by atoms with Crippen LogP contribution in [-0.4, -0.2) is 9.97 Å². The zero-order chi connectivity index (χ0) is 24.7. The van der Waals surface area contributed by atoms with Crippen LogP contribution in [0, 0.1) is 0 Å². The molecular formula is C32H37ClN2. The van der Waals surface area contributed by atoms with Crippen LogP contribution in [-0.2, 0) is 12.8 Å². The highest BCUT2D eigenvalue weighted by Crippen LogP contribution is 2.28. The Labute approximate surface area is 216 Å². The number of rotatable bonds is 10. The summed E-state index contributed by atoms with van der Waals surface area (Å²) in [6, 6.07) is 27.0. The summed E-state index contributed by atoms with van der Waals surface area (Å²) < 4.78 is 0. The molecule has 3 aromatic carbocycles. The number of nitrogens with zero attached hydrogens (tertiary/aromatic N) is 2. The average molecular weight is 485 g/mol. The van der Waals surface area contributed by atoms with E-state index in [1.165, 1.54) is 56.1 Å². The zero-order valence-electron chi connectivity index (χ0n) is 21.1. The molecule has 0 amide bonds. The van der Waals surface area contributed by atoms with Crippen LogP contribution in [0.5, 0.6) is 0 Å². The van der Waals surface area contributed by atoms with E-state index in [0.29, 0.717) is 5.82 Å². The molecule has 1 aromatic heterocycles. The van der Waals surface area contributed by atoms with Gasteiger partial charge in [0, 0.05) is 23.5 Å². The molecule has 0 spiro atoms. The van der Waals surface area contributed by atoms with E-state index in [-0.39, 0.29) is 0 Å². The molecule has 0 fully saturated rings. The largest absolute Gasteiger partial charge is 0.236 e. The van der Waals surface area contributed by atoms with Gasteiger partial charge in [0.05, 0.1) is 5.02 Å². The lowest BCUT2D eigenvalue weighted by atomic mass is 10.0. The van der Waals surface area contributed by atoms with Crippen LogP contribution >= 0.6 is 11.6 Å². The standard InChI is InChI=1S/C21H21ClN2.C11H16/c1-2-3-5-8-16-11-12-19(20(22)13-16)21-23-14-18(15-24-21)17-9-6-4-7-10-17;1-2-3-5-8-11-9-6-4-7-10-11/h4,6-7,9-15H,2-3,5,8H2,1H3;4,6-7,9-10H,2-3,5,8H2,1H3. The van der Waals surface area contributed by atoms with Crippen LogP contribution in [0.3, 0.4) is 0 Å². The van der Waals surface area contributed by atoms with Gasteiger partial charge in [0.2, 0.25) is 0 Å². The maximum atomic E-state index is 6.45. The Hall–Kier alpha value is -2.97. The fourth-order valence-corrected chi connectivity index (χ4v) is 4.23. The Morgan fingerprint density at radius 3 is 1.74 bits per heavy atom. The minimum atomic E-state index is 0.666. The molecule has 0 atom stereocenters. The van der Waals surface area contributed by atoms with Crippen molar-refractivity contribution in [3.8, 4) is 22.5 Å². The maximum Gasteiger partial charge on any atom is 0.160 e. The van der Waals surface area contributed by atoms with Crippen LogP contribution in [0.25, 0.3) is 22.5 Å². The predicted molar refractivity (Wildman–Crippen MR) is 151 cm³/mol. The first-order chi connectivity index (χ1) is 17.2. The summed E-state index contributed by atoms with van der Waals surface area (Å²) in [5.41, 5.74) is 5.75. The van der Waals surface area contributed by atoms with Gasteiger partial charge in [-0.2, -0.15) is 0 Å². The first-order valence-corrected chi connectivity index (χ1v) is 13.3. The van der Waals surface area contributed by atoms with Crippen molar-refractivity contribution >= 4 is 11.6 Å². The maximum absolute atomic E-state index is 6.45. The lowest BCUT2D eigenvalue weighted by Crippen LogP contribution is -1.92. The molecule has 182 valence electrons. The van der Waals surface area contributed by atoms with Gasteiger partial charge in [0.15, 0.2) is 5.82 Å². The molecule has 1 heterocycles. The second kappa shape index (κ2) is 15.1. The molecule has 0 aliphatic carbocycles. The highest BCUT2D eigenvalue weighted by atomic mass is 35.5. The van der Waals surface area contributed by atoms with Gasteiger partial charge in [0.25, 0.3) is 0 Å². The zero-order valence-corrected chi connectivity index (χ0v) is 21.8. The molecule has 3 heteroatoms. The van der Waals surface area contributed by atoms with Crippen molar-refractivity contribution < 1.29 is 0 Å². The van der Waals surface area contributed by atoms with Gasteiger partial charge in [-0.05, 0) is 54.5 Å². The van der Waals surface area contributed by atoms with E-state index in [0.717, 1.165) is 28.1 Å². The number of unbranched alkanes of at least 4 members (excludes halogenated alkanes) is 4. The summed E-state index contributed by atoms with van der Waals surface area (Å²) >= 11 is 6.45. The minimum absolute atomic E-state index is 0.666. The molecule has 0 aliphatic rings. The molecule has 4 rings (SSSR count). The van der Waals surface area contributed by atoms with Crippen LogP contribution < -0.4 is 0 Å². The predicted octanol–water partition coefficient (Wildman–Crippen LogP) is 9.62. The highest BCUT2D eigenvalue weighted by Gasteiger charge is 2.08. The number of aryl methyl sites for hydroxylation is 2. The summed E-state index contributed by atoms with van der Waals surface area (Å²) in [5, 5.41) is 0.719. The quantitative estimate of drug-likeness (QED) is 0.209. The van der Waals surface area contributed by atoms with Crippen molar-refractivity contribution in [1.29, 1.82) is 0 Å². The third-order valence-corrected chi connectivity index (χ3v) is 6.33. The van der Waals surface area contributed by atoms with Crippen molar-refractivity contribution in [1.82, 2.24) is 9.97 Å². The van der Waals surface area contributed by atoms with Crippen molar-refractivity contribution in [3.63, 3.8) is 0 Å². The Bertz CT molecular complexity index is 1110. The molecule has 0 saturated carbocycles. The van der Waals surface area contributed by atoms with Crippen LogP contribution in [0.4, 0.5) is 0 Å².